The molecule has 0 bridgehead atoms. The smallest absolute Gasteiger partial charge is 0.300 e. The van der Waals surface area contributed by atoms with Crippen LogP contribution in [0.2, 0.25) is 0 Å². The number of aromatic nitrogens is 4. The molecule has 0 unspecified atom stereocenters. The molecule has 17 heavy (non-hydrogen) atoms. The fourth-order valence-electron chi connectivity index (χ4n) is 1.84. The average Bonchev–Trinajstić information content (AvgIpc) is 2.95. The molecule has 0 aliphatic rings. The van der Waals surface area contributed by atoms with E-state index >= 15 is 0 Å². The molecule has 6 heteroatoms. The normalized spacial score (nSPS) is 11.4. The quantitative estimate of drug-likeness (QED) is 0.703. The summed E-state index contributed by atoms with van der Waals surface area (Å²) in [6.45, 7) is 3.18. The Bertz CT molecular complexity index is 674. The zero-order valence-electron chi connectivity index (χ0n) is 9.41. The molecule has 0 radical (unpaired) electrons. The van der Waals surface area contributed by atoms with Crippen molar-refractivity contribution in [2.45, 2.75) is 20.0 Å². The molecule has 0 aromatic carbocycles. The van der Waals surface area contributed by atoms with Crippen molar-refractivity contribution in [3.63, 3.8) is 0 Å². The van der Waals surface area contributed by atoms with Crippen molar-refractivity contribution in [3.8, 4) is 0 Å². The van der Waals surface area contributed by atoms with Gasteiger partial charge in [0.1, 0.15) is 0 Å². The Labute approximate surface area is 102 Å². The Kier molecular flexibility index (Phi) is 2.36. The van der Waals surface area contributed by atoms with E-state index in [2.05, 4.69) is 4.98 Å². The number of rotatable bonds is 3. The van der Waals surface area contributed by atoms with Gasteiger partial charge in [-0.1, -0.05) is 0 Å². The lowest BCUT2D eigenvalue weighted by atomic mass is 10.5. The zero-order valence-corrected chi connectivity index (χ0v) is 10.2. The van der Waals surface area contributed by atoms with Gasteiger partial charge in [-0.15, -0.1) is 11.3 Å². The van der Waals surface area contributed by atoms with E-state index in [0.29, 0.717) is 13.1 Å². The van der Waals surface area contributed by atoms with E-state index in [1.165, 1.54) is 0 Å². The maximum Gasteiger partial charge on any atom is 0.328 e. The molecule has 0 fully saturated rings. The van der Waals surface area contributed by atoms with Crippen molar-refractivity contribution in [2.24, 2.45) is 0 Å². The van der Waals surface area contributed by atoms with Crippen molar-refractivity contribution < 1.29 is 0 Å². The Hall–Kier alpha value is -1.82. The minimum atomic E-state index is 0.0175. The Morgan fingerprint density at radius 3 is 2.82 bits per heavy atom. The summed E-state index contributed by atoms with van der Waals surface area (Å²) in [6.07, 6.45) is 7.54. The van der Waals surface area contributed by atoms with E-state index in [9.17, 15) is 4.79 Å². The number of hydrogen-bond donors (Lipinski definition) is 0. The Balaban J connectivity index is 1.94. The fourth-order valence-corrected chi connectivity index (χ4v) is 2.56. The SMILES string of the molecule is CCn1ccn(Cc2cn3ccsc3n2)c1=O. The van der Waals surface area contributed by atoms with Crippen LogP contribution in [-0.2, 0) is 13.1 Å². The van der Waals surface area contributed by atoms with Crippen LogP contribution >= 0.6 is 11.3 Å². The third-order valence-corrected chi connectivity index (χ3v) is 3.50. The molecule has 0 aliphatic carbocycles. The standard InChI is InChI=1S/C11H12N4OS/c1-2-13-3-4-15(11(13)16)8-9-7-14-5-6-17-10(14)12-9/h3-7H,2,8H2,1H3. The van der Waals surface area contributed by atoms with E-state index in [1.807, 2.05) is 29.1 Å². The van der Waals surface area contributed by atoms with Gasteiger partial charge in [-0.2, -0.15) is 0 Å². The van der Waals surface area contributed by atoms with Gasteiger partial charge in [0.15, 0.2) is 4.96 Å². The third-order valence-electron chi connectivity index (χ3n) is 2.73. The lowest BCUT2D eigenvalue weighted by Crippen LogP contribution is -2.23. The molecule has 3 heterocycles. The molecule has 0 atom stereocenters. The second-order valence-corrected chi connectivity index (χ2v) is 4.69. The van der Waals surface area contributed by atoms with Gasteiger partial charge >= 0.3 is 5.69 Å². The van der Waals surface area contributed by atoms with Gasteiger partial charge in [0, 0.05) is 36.7 Å². The minimum Gasteiger partial charge on any atom is -0.300 e. The fraction of sp³-hybridized carbons (Fsp3) is 0.273. The largest absolute Gasteiger partial charge is 0.328 e. The monoisotopic (exact) mass is 248 g/mol. The molecule has 3 aromatic heterocycles. The molecule has 3 rings (SSSR count). The molecule has 0 N–H and O–H groups in total. The van der Waals surface area contributed by atoms with Crippen molar-refractivity contribution in [3.05, 3.63) is 46.3 Å². The van der Waals surface area contributed by atoms with Crippen LogP contribution < -0.4 is 5.69 Å². The number of fused-ring (bicyclic) bond motifs is 1. The maximum absolute atomic E-state index is 11.9. The molecule has 0 amide bonds. The molecule has 0 spiro atoms. The van der Waals surface area contributed by atoms with Gasteiger partial charge in [0.2, 0.25) is 0 Å². The third kappa shape index (κ3) is 1.70. The number of hydrogen-bond acceptors (Lipinski definition) is 3. The number of aryl methyl sites for hydroxylation is 1. The average molecular weight is 248 g/mol. The van der Waals surface area contributed by atoms with Gasteiger partial charge in [-0.25, -0.2) is 9.78 Å². The summed E-state index contributed by atoms with van der Waals surface area (Å²) in [5.41, 5.74) is 0.927. The summed E-state index contributed by atoms with van der Waals surface area (Å²) < 4.78 is 5.33. The van der Waals surface area contributed by atoms with E-state index in [0.717, 1.165) is 10.7 Å². The highest BCUT2D eigenvalue weighted by Crippen LogP contribution is 2.11. The van der Waals surface area contributed by atoms with Crippen molar-refractivity contribution in [1.82, 2.24) is 18.5 Å². The van der Waals surface area contributed by atoms with Crippen LogP contribution in [0.15, 0.2) is 35.0 Å². The van der Waals surface area contributed by atoms with Gasteiger partial charge in [-0.05, 0) is 6.92 Å². The van der Waals surface area contributed by atoms with Crippen LogP contribution in [0, 0.1) is 0 Å². The minimum absolute atomic E-state index is 0.0175. The van der Waals surface area contributed by atoms with Gasteiger partial charge in [0.25, 0.3) is 0 Å². The van der Waals surface area contributed by atoms with E-state index < -0.39 is 0 Å². The van der Waals surface area contributed by atoms with Crippen LogP contribution in [0.4, 0.5) is 0 Å². The summed E-state index contributed by atoms with van der Waals surface area (Å²) >= 11 is 1.59. The summed E-state index contributed by atoms with van der Waals surface area (Å²) in [7, 11) is 0. The lowest BCUT2D eigenvalue weighted by Gasteiger charge is -1.97. The van der Waals surface area contributed by atoms with E-state index in [4.69, 9.17) is 0 Å². The molecule has 88 valence electrons. The van der Waals surface area contributed by atoms with Crippen molar-refractivity contribution >= 4 is 16.3 Å². The van der Waals surface area contributed by atoms with E-state index in [1.54, 1.807) is 32.9 Å². The predicted molar refractivity (Wildman–Crippen MR) is 66.5 cm³/mol. The van der Waals surface area contributed by atoms with Gasteiger partial charge < -0.3 is 0 Å². The first-order valence-electron chi connectivity index (χ1n) is 5.44. The van der Waals surface area contributed by atoms with Crippen LogP contribution in [0.1, 0.15) is 12.6 Å². The molecule has 0 aliphatic heterocycles. The molecule has 0 saturated heterocycles. The van der Waals surface area contributed by atoms with Crippen LogP contribution in [0.5, 0.6) is 0 Å². The molecular formula is C11H12N4OS. The second-order valence-electron chi connectivity index (χ2n) is 3.82. The molecule has 0 saturated carbocycles. The lowest BCUT2D eigenvalue weighted by molar-refractivity contribution is 0.663. The molecular weight excluding hydrogens is 236 g/mol. The Morgan fingerprint density at radius 2 is 2.12 bits per heavy atom. The molecule has 3 aromatic rings. The zero-order chi connectivity index (χ0) is 11.8. The van der Waals surface area contributed by atoms with Gasteiger partial charge in [-0.3, -0.25) is 13.5 Å². The topological polar surface area (TPSA) is 44.2 Å². The first-order valence-corrected chi connectivity index (χ1v) is 6.32. The predicted octanol–water partition coefficient (Wildman–Crippen LogP) is 1.43. The summed E-state index contributed by atoms with van der Waals surface area (Å²) in [5, 5.41) is 1.99. The second kappa shape index (κ2) is 3.89. The van der Waals surface area contributed by atoms with Crippen molar-refractivity contribution in [2.75, 3.05) is 0 Å². The van der Waals surface area contributed by atoms with Gasteiger partial charge in [0.05, 0.1) is 12.2 Å². The highest BCUT2D eigenvalue weighted by Gasteiger charge is 2.06. The van der Waals surface area contributed by atoms with Crippen LogP contribution in [0.25, 0.3) is 4.96 Å². The van der Waals surface area contributed by atoms with Crippen LogP contribution in [0.3, 0.4) is 0 Å². The Morgan fingerprint density at radius 1 is 1.29 bits per heavy atom. The summed E-state index contributed by atoms with van der Waals surface area (Å²) in [6, 6.07) is 0. The first kappa shape index (κ1) is 10.3. The number of thiazole rings is 1. The van der Waals surface area contributed by atoms with E-state index in [-0.39, 0.29) is 5.69 Å². The van der Waals surface area contributed by atoms with Crippen LogP contribution in [-0.4, -0.2) is 18.5 Å². The first-order chi connectivity index (χ1) is 8.28. The highest BCUT2D eigenvalue weighted by atomic mass is 32.1. The summed E-state index contributed by atoms with van der Waals surface area (Å²) in [4.78, 5) is 17.3. The maximum atomic E-state index is 11.9. The number of nitrogens with zero attached hydrogens (tertiary/aromatic N) is 4. The highest BCUT2D eigenvalue weighted by molar-refractivity contribution is 7.15. The number of imidazole rings is 2. The summed E-state index contributed by atoms with van der Waals surface area (Å²) in [5.74, 6) is 0. The van der Waals surface area contributed by atoms with Crippen molar-refractivity contribution in [1.29, 1.82) is 0 Å². The molecule has 5 nitrogen and oxygen atoms in total.